The van der Waals surface area contributed by atoms with E-state index in [1.807, 2.05) is 6.92 Å². The van der Waals surface area contributed by atoms with Crippen LogP contribution in [0.1, 0.15) is 31.3 Å². The van der Waals surface area contributed by atoms with Gasteiger partial charge in [-0.05, 0) is 12.8 Å². The summed E-state index contributed by atoms with van der Waals surface area (Å²) in [6.07, 6.45) is 1.77. The van der Waals surface area contributed by atoms with Crippen LogP contribution in [-0.2, 0) is 0 Å². The molecule has 1 heterocycles. The van der Waals surface area contributed by atoms with Gasteiger partial charge in [-0.15, -0.1) is 5.10 Å². The first-order chi connectivity index (χ1) is 4.70. The van der Waals surface area contributed by atoms with E-state index >= 15 is 0 Å². The number of aryl methyl sites for hydroxylation is 1. The fraction of sp³-hybridized carbons (Fsp3) is 0.571. The maximum absolute atomic E-state index is 4.03. The zero-order chi connectivity index (χ0) is 7.56. The molecule has 0 unspecified atom stereocenters. The molecule has 0 aromatic carbocycles. The molecule has 0 N–H and O–H groups in total. The third-order valence-corrected chi connectivity index (χ3v) is 1.29. The van der Waals surface area contributed by atoms with E-state index in [0.29, 0.717) is 5.92 Å². The molecule has 0 aliphatic rings. The van der Waals surface area contributed by atoms with Gasteiger partial charge >= 0.3 is 0 Å². The Morgan fingerprint density at radius 3 is 2.40 bits per heavy atom. The number of rotatable bonds is 1. The number of nitrogens with zero attached hydrogens (tertiary/aromatic N) is 3. The Morgan fingerprint density at radius 1 is 1.30 bits per heavy atom. The average molecular weight is 137 g/mol. The van der Waals surface area contributed by atoms with Crippen LogP contribution >= 0.6 is 0 Å². The van der Waals surface area contributed by atoms with Gasteiger partial charge in [-0.2, -0.15) is 5.10 Å². The van der Waals surface area contributed by atoms with Crippen LogP contribution in [0.2, 0.25) is 0 Å². The van der Waals surface area contributed by atoms with Crippen molar-refractivity contribution in [1.82, 2.24) is 15.2 Å². The van der Waals surface area contributed by atoms with Crippen LogP contribution in [0.4, 0.5) is 0 Å². The van der Waals surface area contributed by atoms with Crippen LogP contribution in [0.15, 0.2) is 6.20 Å². The first kappa shape index (κ1) is 7.12. The van der Waals surface area contributed by atoms with E-state index < -0.39 is 0 Å². The van der Waals surface area contributed by atoms with Gasteiger partial charge in [-0.3, -0.25) is 0 Å². The second-order valence-electron chi connectivity index (χ2n) is 2.58. The first-order valence-electron chi connectivity index (χ1n) is 3.36. The fourth-order valence-electron chi connectivity index (χ4n) is 0.606. The summed E-state index contributed by atoms with van der Waals surface area (Å²) in [5.41, 5.74) is 0.950. The molecule has 0 aliphatic carbocycles. The number of hydrogen-bond acceptors (Lipinski definition) is 3. The minimum Gasteiger partial charge on any atom is -0.238 e. The van der Waals surface area contributed by atoms with Gasteiger partial charge in [0.05, 0.1) is 11.9 Å². The molecule has 0 bridgehead atoms. The van der Waals surface area contributed by atoms with Crippen molar-refractivity contribution < 1.29 is 0 Å². The molecule has 0 fully saturated rings. The normalized spacial score (nSPS) is 10.4. The summed E-state index contributed by atoms with van der Waals surface area (Å²) < 4.78 is 0. The van der Waals surface area contributed by atoms with Gasteiger partial charge in [-0.1, -0.05) is 13.8 Å². The smallest absolute Gasteiger partial charge is 0.147 e. The standard InChI is InChI=1S/C7H11N3/c1-5(2)7-4-8-6(3)9-10-7/h4-5H,1-3H3. The third kappa shape index (κ3) is 1.50. The molecule has 0 saturated heterocycles. The number of hydrogen-bond donors (Lipinski definition) is 0. The van der Waals surface area contributed by atoms with E-state index in [-0.39, 0.29) is 0 Å². The van der Waals surface area contributed by atoms with Gasteiger partial charge in [-0.25, -0.2) is 4.98 Å². The Labute approximate surface area is 60.5 Å². The van der Waals surface area contributed by atoms with E-state index in [1.165, 1.54) is 0 Å². The zero-order valence-electron chi connectivity index (χ0n) is 6.50. The molecule has 1 aromatic rings. The summed E-state index contributed by atoms with van der Waals surface area (Å²) in [5, 5.41) is 7.80. The highest BCUT2D eigenvalue weighted by Crippen LogP contribution is 2.06. The van der Waals surface area contributed by atoms with E-state index in [2.05, 4.69) is 29.0 Å². The van der Waals surface area contributed by atoms with Crippen molar-refractivity contribution in [1.29, 1.82) is 0 Å². The third-order valence-electron chi connectivity index (χ3n) is 1.29. The molecule has 3 heteroatoms. The Kier molecular flexibility index (Phi) is 1.94. The van der Waals surface area contributed by atoms with Crippen molar-refractivity contribution in [2.45, 2.75) is 26.7 Å². The second-order valence-corrected chi connectivity index (χ2v) is 2.58. The van der Waals surface area contributed by atoms with Crippen LogP contribution in [0.25, 0.3) is 0 Å². The predicted octanol–water partition coefficient (Wildman–Crippen LogP) is 1.30. The van der Waals surface area contributed by atoms with Gasteiger partial charge in [0.25, 0.3) is 0 Å². The lowest BCUT2D eigenvalue weighted by atomic mass is 10.2. The topological polar surface area (TPSA) is 38.7 Å². The summed E-state index contributed by atoms with van der Waals surface area (Å²) in [4.78, 5) is 4.03. The van der Waals surface area contributed by atoms with Crippen molar-refractivity contribution in [2.24, 2.45) is 0 Å². The average Bonchev–Trinajstić information content (AvgIpc) is 1.88. The molecule has 0 spiro atoms. The van der Waals surface area contributed by atoms with E-state index in [0.717, 1.165) is 11.5 Å². The second kappa shape index (κ2) is 2.73. The van der Waals surface area contributed by atoms with Crippen LogP contribution in [0.5, 0.6) is 0 Å². The number of aromatic nitrogens is 3. The van der Waals surface area contributed by atoms with Gasteiger partial charge in [0.2, 0.25) is 0 Å². The molecule has 0 amide bonds. The molecule has 3 nitrogen and oxygen atoms in total. The van der Waals surface area contributed by atoms with Gasteiger partial charge in [0.15, 0.2) is 0 Å². The molecular formula is C7H11N3. The lowest BCUT2D eigenvalue weighted by molar-refractivity contribution is 0.752. The fourth-order valence-corrected chi connectivity index (χ4v) is 0.606. The summed E-state index contributed by atoms with van der Waals surface area (Å²) in [5.74, 6) is 1.14. The van der Waals surface area contributed by atoms with Gasteiger partial charge < -0.3 is 0 Å². The first-order valence-corrected chi connectivity index (χ1v) is 3.36. The van der Waals surface area contributed by atoms with Crippen LogP contribution < -0.4 is 0 Å². The maximum atomic E-state index is 4.03. The highest BCUT2D eigenvalue weighted by molar-refractivity contribution is 4.98. The maximum Gasteiger partial charge on any atom is 0.147 e. The molecule has 0 saturated carbocycles. The summed E-state index contributed by atoms with van der Waals surface area (Å²) in [6, 6.07) is 0. The van der Waals surface area contributed by atoms with E-state index in [1.54, 1.807) is 6.20 Å². The molecule has 0 aliphatic heterocycles. The lowest BCUT2D eigenvalue weighted by Gasteiger charge is -2.00. The van der Waals surface area contributed by atoms with E-state index in [4.69, 9.17) is 0 Å². The molecule has 0 atom stereocenters. The van der Waals surface area contributed by atoms with Crippen molar-refractivity contribution in [3.05, 3.63) is 17.7 Å². The van der Waals surface area contributed by atoms with Crippen LogP contribution in [0, 0.1) is 6.92 Å². The van der Waals surface area contributed by atoms with Gasteiger partial charge in [0.1, 0.15) is 5.82 Å². The van der Waals surface area contributed by atoms with Crippen LogP contribution in [0.3, 0.4) is 0 Å². The zero-order valence-corrected chi connectivity index (χ0v) is 6.50. The SMILES string of the molecule is Cc1ncc(C(C)C)nn1. The van der Waals surface area contributed by atoms with Crippen molar-refractivity contribution in [3.63, 3.8) is 0 Å². The quantitative estimate of drug-likeness (QED) is 0.585. The molecular weight excluding hydrogens is 126 g/mol. The monoisotopic (exact) mass is 137 g/mol. The summed E-state index contributed by atoms with van der Waals surface area (Å²) in [7, 11) is 0. The lowest BCUT2D eigenvalue weighted by Crippen LogP contribution is -1.98. The minimum absolute atomic E-state index is 0.417. The molecule has 1 aromatic heterocycles. The highest BCUT2D eigenvalue weighted by atomic mass is 15.1. The Morgan fingerprint density at radius 2 is 2.00 bits per heavy atom. The Balaban J connectivity index is 2.89. The van der Waals surface area contributed by atoms with E-state index in [9.17, 15) is 0 Å². The summed E-state index contributed by atoms with van der Waals surface area (Å²) in [6.45, 7) is 5.97. The van der Waals surface area contributed by atoms with Crippen LogP contribution in [-0.4, -0.2) is 15.2 Å². The minimum atomic E-state index is 0.417. The Bertz CT molecular complexity index is 203. The molecule has 54 valence electrons. The van der Waals surface area contributed by atoms with Gasteiger partial charge in [0, 0.05) is 0 Å². The highest BCUT2D eigenvalue weighted by Gasteiger charge is 1.99. The molecule has 0 radical (unpaired) electrons. The largest absolute Gasteiger partial charge is 0.238 e. The molecule has 1 rings (SSSR count). The summed E-state index contributed by atoms with van der Waals surface area (Å²) >= 11 is 0. The van der Waals surface area contributed by atoms with Crippen molar-refractivity contribution in [2.75, 3.05) is 0 Å². The van der Waals surface area contributed by atoms with Crippen molar-refractivity contribution in [3.8, 4) is 0 Å². The van der Waals surface area contributed by atoms with Crippen molar-refractivity contribution >= 4 is 0 Å². The predicted molar refractivity (Wildman–Crippen MR) is 38.7 cm³/mol. The Hall–Kier alpha value is -0.990. The molecule has 10 heavy (non-hydrogen) atoms.